The molecule has 1 aromatic carbocycles. The Hall–Kier alpha value is -1.44. The summed E-state index contributed by atoms with van der Waals surface area (Å²) in [6, 6.07) is 5.46. The first-order valence-corrected chi connectivity index (χ1v) is 12.0. The zero-order valence-corrected chi connectivity index (χ0v) is 18.2. The number of benzene rings is 1. The molecule has 1 N–H and O–H groups in total. The van der Waals surface area contributed by atoms with Crippen LogP contribution >= 0.6 is 0 Å². The van der Waals surface area contributed by atoms with Crippen molar-refractivity contribution in [1.29, 1.82) is 0 Å². The Morgan fingerprint density at radius 3 is 2.21 bits per heavy atom. The van der Waals surface area contributed by atoms with Gasteiger partial charge in [0.1, 0.15) is 0 Å². The Balaban J connectivity index is 1.63. The number of quaternary nitrogens is 1. The standard InChI is InChI=1S/C21H33N3O3S/c1-17-8-9-18(2)20(16-17)28(26,27)24-14-12-22(13-15-24)19(3)21(25)23-10-6-4-5-7-11-23/h8-9,16,19H,4-7,10-15H2,1-3H3/p+1/t19-/m1/s1. The number of nitrogens with one attached hydrogen (secondary N) is 1. The molecule has 0 aliphatic carbocycles. The van der Waals surface area contributed by atoms with Gasteiger partial charge in [-0.05, 0) is 50.8 Å². The van der Waals surface area contributed by atoms with E-state index in [0.29, 0.717) is 31.1 Å². The van der Waals surface area contributed by atoms with Gasteiger partial charge in [0, 0.05) is 13.1 Å². The average molecular weight is 409 g/mol. The highest BCUT2D eigenvalue weighted by molar-refractivity contribution is 7.89. The Morgan fingerprint density at radius 2 is 1.61 bits per heavy atom. The monoisotopic (exact) mass is 408 g/mol. The van der Waals surface area contributed by atoms with Crippen molar-refractivity contribution in [2.75, 3.05) is 39.3 Å². The summed E-state index contributed by atoms with van der Waals surface area (Å²) in [4.78, 5) is 16.5. The third-order valence-corrected chi connectivity index (χ3v) is 8.27. The van der Waals surface area contributed by atoms with Crippen molar-refractivity contribution >= 4 is 15.9 Å². The predicted octanol–water partition coefficient (Wildman–Crippen LogP) is 0.984. The molecule has 2 aliphatic rings. The minimum atomic E-state index is -3.49. The molecule has 0 unspecified atom stereocenters. The van der Waals surface area contributed by atoms with E-state index < -0.39 is 10.0 Å². The summed E-state index contributed by atoms with van der Waals surface area (Å²) in [5.74, 6) is 0.225. The van der Waals surface area contributed by atoms with E-state index in [1.54, 1.807) is 10.4 Å². The quantitative estimate of drug-likeness (QED) is 0.808. The molecular formula is C21H34N3O3S+. The zero-order valence-electron chi connectivity index (χ0n) is 17.4. The highest BCUT2D eigenvalue weighted by Gasteiger charge is 2.36. The van der Waals surface area contributed by atoms with Crippen LogP contribution in [0.2, 0.25) is 0 Å². The molecular weight excluding hydrogens is 374 g/mol. The van der Waals surface area contributed by atoms with Gasteiger partial charge in [0.05, 0.1) is 31.1 Å². The van der Waals surface area contributed by atoms with Gasteiger partial charge in [-0.25, -0.2) is 8.42 Å². The fraction of sp³-hybridized carbons (Fsp3) is 0.667. The van der Waals surface area contributed by atoms with E-state index in [-0.39, 0.29) is 11.9 Å². The summed E-state index contributed by atoms with van der Waals surface area (Å²) in [5, 5.41) is 0. The molecule has 0 saturated carbocycles. The van der Waals surface area contributed by atoms with Crippen molar-refractivity contribution in [2.45, 2.75) is 57.4 Å². The van der Waals surface area contributed by atoms with Crippen LogP contribution in [-0.4, -0.2) is 68.8 Å². The predicted molar refractivity (Wildman–Crippen MR) is 110 cm³/mol. The number of hydrogen-bond acceptors (Lipinski definition) is 3. The molecule has 156 valence electrons. The van der Waals surface area contributed by atoms with E-state index in [4.69, 9.17) is 0 Å². The minimum absolute atomic E-state index is 0.108. The first kappa shape index (κ1) is 21.3. The number of carbonyl (C=O) groups excluding carboxylic acids is 1. The van der Waals surface area contributed by atoms with Crippen LogP contribution in [0.3, 0.4) is 0 Å². The molecule has 2 aliphatic heterocycles. The molecule has 6 nitrogen and oxygen atoms in total. The van der Waals surface area contributed by atoms with Crippen LogP contribution in [0, 0.1) is 13.8 Å². The molecule has 7 heteroatoms. The SMILES string of the molecule is Cc1ccc(C)c(S(=O)(=O)N2CC[NH+]([C@H](C)C(=O)N3CCCCCC3)CC2)c1. The molecule has 2 fully saturated rings. The van der Waals surface area contributed by atoms with E-state index in [0.717, 1.165) is 37.1 Å². The van der Waals surface area contributed by atoms with E-state index in [1.165, 1.54) is 17.7 Å². The van der Waals surface area contributed by atoms with E-state index >= 15 is 0 Å². The van der Waals surface area contributed by atoms with Crippen LogP contribution < -0.4 is 4.90 Å². The molecule has 28 heavy (non-hydrogen) atoms. The van der Waals surface area contributed by atoms with Crippen molar-refractivity contribution < 1.29 is 18.1 Å². The number of sulfonamides is 1. The van der Waals surface area contributed by atoms with Crippen LogP contribution in [0.5, 0.6) is 0 Å². The molecule has 0 radical (unpaired) electrons. The minimum Gasteiger partial charge on any atom is -0.338 e. The second-order valence-electron chi connectivity index (χ2n) is 8.29. The van der Waals surface area contributed by atoms with Crippen LogP contribution in [0.25, 0.3) is 0 Å². The van der Waals surface area contributed by atoms with Gasteiger partial charge in [-0.3, -0.25) is 4.79 Å². The molecule has 3 rings (SSSR count). The van der Waals surface area contributed by atoms with Crippen molar-refractivity contribution in [1.82, 2.24) is 9.21 Å². The highest BCUT2D eigenvalue weighted by atomic mass is 32.2. The van der Waals surface area contributed by atoms with Crippen molar-refractivity contribution in [3.05, 3.63) is 29.3 Å². The second-order valence-corrected chi connectivity index (χ2v) is 10.2. The van der Waals surface area contributed by atoms with Crippen molar-refractivity contribution in [2.24, 2.45) is 0 Å². The van der Waals surface area contributed by atoms with Crippen LogP contribution in [0.4, 0.5) is 0 Å². The maximum absolute atomic E-state index is 13.1. The van der Waals surface area contributed by atoms with Gasteiger partial charge in [-0.1, -0.05) is 25.0 Å². The van der Waals surface area contributed by atoms with Gasteiger partial charge in [0.15, 0.2) is 6.04 Å². The molecule has 2 heterocycles. The Morgan fingerprint density at radius 1 is 1.00 bits per heavy atom. The topological polar surface area (TPSA) is 62.1 Å². The van der Waals surface area contributed by atoms with Crippen LogP contribution in [0.1, 0.15) is 43.7 Å². The normalized spacial score (nSPS) is 21.3. The number of rotatable bonds is 4. The maximum atomic E-state index is 13.1. The summed E-state index contributed by atoms with van der Waals surface area (Å²) in [6.45, 7) is 9.75. The highest BCUT2D eigenvalue weighted by Crippen LogP contribution is 2.21. The maximum Gasteiger partial charge on any atom is 0.280 e. The molecule has 1 amide bonds. The van der Waals surface area contributed by atoms with Crippen molar-refractivity contribution in [3.63, 3.8) is 0 Å². The lowest BCUT2D eigenvalue weighted by atomic mass is 10.2. The van der Waals surface area contributed by atoms with Gasteiger partial charge in [-0.15, -0.1) is 0 Å². The number of aryl methyl sites for hydroxylation is 2. The van der Waals surface area contributed by atoms with Gasteiger partial charge in [0.2, 0.25) is 10.0 Å². The van der Waals surface area contributed by atoms with Crippen LogP contribution in [0.15, 0.2) is 23.1 Å². The summed E-state index contributed by atoms with van der Waals surface area (Å²) in [7, 11) is -3.49. The zero-order chi connectivity index (χ0) is 20.3. The third-order valence-electron chi connectivity index (χ3n) is 6.23. The molecule has 0 bridgehead atoms. The smallest absolute Gasteiger partial charge is 0.280 e. The first-order valence-electron chi connectivity index (χ1n) is 10.5. The Bertz CT molecular complexity index is 793. The number of nitrogens with zero attached hydrogens (tertiary/aromatic N) is 2. The first-order chi connectivity index (χ1) is 13.3. The largest absolute Gasteiger partial charge is 0.338 e. The van der Waals surface area contributed by atoms with Crippen molar-refractivity contribution in [3.8, 4) is 0 Å². The van der Waals surface area contributed by atoms with Gasteiger partial charge >= 0.3 is 0 Å². The summed E-state index contributed by atoms with van der Waals surface area (Å²) in [6.07, 6.45) is 4.60. The summed E-state index contributed by atoms with van der Waals surface area (Å²) < 4.78 is 27.8. The fourth-order valence-electron chi connectivity index (χ4n) is 4.31. The van der Waals surface area contributed by atoms with Gasteiger partial charge in [-0.2, -0.15) is 4.31 Å². The summed E-state index contributed by atoms with van der Waals surface area (Å²) in [5.41, 5.74) is 1.73. The summed E-state index contributed by atoms with van der Waals surface area (Å²) >= 11 is 0. The van der Waals surface area contributed by atoms with E-state index in [9.17, 15) is 13.2 Å². The average Bonchev–Trinajstić information content (AvgIpc) is 2.98. The molecule has 1 atom stereocenters. The molecule has 1 aromatic rings. The lowest BCUT2D eigenvalue weighted by molar-refractivity contribution is -0.918. The number of amides is 1. The number of likely N-dealkylation sites (tertiary alicyclic amines) is 1. The lowest BCUT2D eigenvalue weighted by Gasteiger charge is -2.36. The number of piperazine rings is 1. The molecule has 0 spiro atoms. The third kappa shape index (κ3) is 4.58. The Labute approximate surface area is 169 Å². The van der Waals surface area contributed by atoms with Gasteiger partial charge in [0.25, 0.3) is 5.91 Å². The Kier molecular flexibility index (Phi) is 6.78. The molecule has 2 saturated heterocycles. The fourth-order valence-corrected chi connectivity index (χ4v) is 6.06. The van der Waals surface area contributed by atoms with E-state index in [1.807, 2.05) is 37.8 Å². The van der Waals surface area contributed by atoms with E-state index in [2.05, 4.69) is 0 Å². The lowest BCUT2D eigenvalue weighted by Crippen LogP contribution is -3.19. The number of carbonyl (C=O) groups is 1. The van der Waals surface area contributed by atoms with Gasteiger partial charge < -0.3 is 9.80 Å². The second kappa shape index (κ2) is 8.93. The number of hydrogen-bond donors (Lipinski definition) is 1. The molecule has 0 aromatic heterocycles. The van der Waals surface area contributed by atoms with Crippen LogP contribution in [-0.2, 0) is 14.8 Å².